The van der Waals surface area contributed by atoms with Gasteiger partial charge in [0.15, 0.2) is 0 Å². The first-order chi connectivity index (χ1) is 13.6. The molecule has 6 nitrogen and oxygen atoms in total. The van der Waals surface area contributed by atoms with Gasteiger partial charge in [-0.3, -0.25) is 4.31 Å². The first-order valence-electron chi connectivity index (χ1n) is 8.89. The maximum Gasteiger partial charge on any atom is 0.339 e. The van der Waals surface area contributed by atoms with Gasteiger partial charge in [0.25, 0.3) is 10.0 Å². The molecular weight excluding hydrogens is 458 g/mol. The average Bonchev–Trinajstić information content (AvgIpc) is 2.66. The van der Waals surface area contributed by atoms with E-state index < -0.39 is 27.3 Å². The van der Waals surface area contributed by atoms with Gasteiger partial charge in [-0.05, 0) is 36.2 Å². The van der Waals surface area contributed by atoms with E-state index in [4.69, 9.17) is 0 Å². The van der Waals surface area contributed by atoms with Crippen LogP contribution in [0.2, 0.25) is 0 Å². The Balaban J connectivity index is 2.31. The molecule has 0 aromatic heterocycles. The maximum absolute atomic E-state index is 13.7. The summed E-state index contributed by atoms with van der Waals surface area (Å²) >= 11 is 3.35. The van der Waals surface area contributed by atoms with Crippen molar-refractivity contribution < 1.29 is 23.4 Å². The van der Waals surface area contributed by atoms with Crippen molar-refractivity contribution in [3.63, 3.8) is 0 Å². The number of phenols is 1. The van der Waals surface area contributed by atoms with Gasteiger partial charge in [-0.25, -0.2) is 13.2 Å². The molecule has 3 aromatic rings. The lowest BCUT2D eigenvalue weighted by Crippen LogP contribution is -2.34. The summed E-state index contributed by atoms with van der Waals surface area (Å²) in [7, 11) is -4.12. The predicted molar refractivity (Wildman–Crippen MR) is 116 cm³/mol. The average molecular weight is 478 g/mol. The third-order valence-corrected chi connectivity index (χ3v) is 6.78. The van der Waals surface area contributed by atoms with Gasteiger partial charge in [0, 0.05) is 21.8 Å². The molecular formula is C21H20BrNO5S. The highest BCUT2D eigenvalue weighted by Gasteiger charge is 2.30. The summed E-state index contributed by atoms with van der Waals surface area (Å²) in [5.74, 6) is -1.83. The number of carbonyl (C=O) groups is 1. The van der Waals surface area contributed by atoms with E-state index in [0.29, 0.717) is 5.69 Å². The topological polar surface area (TPSA) is 94.9 Å². The second-order valence-corrected chi connectivity index (χ2v) is 9.77. The largest absolute Gasteiger partial charge is 0.506 e. The first-order valence-corrected chi connectivity index (χ1v) is 11.1. The molecule has 152 valence electrons. The van der Waals surface area contributed by atoms with Crippen molar-refractivity contribution in [2.45, 2.75) is 18.7 Å². The quantitative estimate of drug-likeness (QED) is 0.528. The van der Waals surface area contributed by atoms with Gasteiger partial charge in [-0.1, -0.05) is 54.0 Å². The number of fused-ring (bicyclic) bond motifs is 1. The standard InChI is InChI=1S/C21H20BrNO5S/c1-13(2)12-23(15-9-7-14(22)8-10-15)29(27,28)19-11-18(21(25)26)20(24)17-6-4-3-5-16(17)19/h3-11,13,24H,12H2,1-2H3,(H,25,26). The van der Waals surface area contributed by atoms with Gasteiger partial charge in [-0.15, -0.1) is 0 Å². The molecule has 3 rings (SSSR count). The molecule has 0 aliphatic heterocycles. The Labute approximate surface area is 177 Å². The van der Waals surface area contributed by atoms with E-state index in [1.165, 1.54) is 10.4 Å². The van der Waals surface area contributed by atoms with Crippen LogP contribution in [0.5, 0.6) is 5.75 Å². The van der Waals surface area contributed by atoms with E-state index in [0.717, 1.165) is 10.5 Å². The van der Waals surface area contributed by atoms with Crippen molar-refractivity contribution in [1.82, 2.24) is 0 Å². The fourth-order valence-electron chi connectivity index (χ4n) is 3.10. The fourth-order valence-corrected chi connectivity index (χ4v) is 5.22. The highest BCUT2D eigenvalue weighted by atomic mass is 79.9. The van der Waals surface area contributed by atoms with Gasteiger partial charge in [-0.2, -0.15) is 0 Å². The van der Waals surface area contributed by atoms with Crippen molar-refractivity contribution in [2.24, 2.45) is 5.92 Å². The lowest BCUT2D eigenvalue weighted by molar-refractivity contribution is 0.0694. The minimum Gasteiger partial charge on any atom is -0.506 e. The number of halogens is 1. The molecule has 29 heavy (non-hydrogen) atoms. The Kier molecular flexibility index (Phi) is 5.86. The van der Waals surface area contributed by atoms with Crippen LogP contribution < -0.4 is 4.31 Å². The summed E-state index contributed by atoms with van der Waals surface area (Å²) in [4.78, 5) is 11.5. The number of benzene rings is 3. The van der Waals surface area contributed by atoms with Crippen LogP contribution >= 0.6 is 15.9 Å². The summed E-state index contributed by atoms with van der Waals surface area (Å²) in [5, 5.41) is 20.3. The second kappa shape index (κ2) is 8.04. The van der Waals surface area contributed by atoms with Crippen LogP contribution in [0, 0.1) is 5.92 Å². The molecule has 0 saturated heterocycles. The second-order valence-electron chi connectivity index (χ2n) is 7.03. The van der Waals surface area contributed by atoms with E-state index in [1.807, 2.05) is 13.8 Å². The predicted octanol–water partition coefficient (Wildman–Crippen LogP) is 4.86. The van der Waals surface area contributed by atoms with Crippen molar-refractivity contribution in [2.75, 3.05) is 10.8 Å². The molecule has 0 saturated carbocycles. The lowest BCUT2D eigenvalue weighted by atomic mass is 10.1. The Morgan fingerprint density at radius 1 is 1.07 bits per heavy atom. The Morgan fingerprint density at radius 2 is 1.66 bits per heavy atom. The zero-order valence-corrected chi connectivity index (χ0v) is 18.2. The van der Waals surface area contributed by atoms with E-state index in [2.05, 4.69) is 15.9 Å². The number of aromatic hydroxyl groups is 1. The molecule has 0 spiro atoms. The number of nitrogens with zero attached hydrogens (tertiary/aromatic N) is 1. The molecule has 0 bridgehead atoms. The van der Waals surface area contributed by atoms with Crippen LogP contribution in [-0.4, -0.2) is 31.1 Å². The Morgan fingerprint density at radius 3 is 2.21 bits per heavy atom. The highest BCUT2D eigenvalue weighted by Crippen LogP contribution is 2.36. The van der Waals surface area contributed by atoms with Gasteiger partial charge >= 0.3 is 5.97 Å². The van der Waals surface area contributed by atoms with Crippen LogP contribution in [0.15, 0.2) is 64.0 Å². The lowest BCUT2D eigenvalue weighted by Gasteiger charge is -2.27. The van der Waals surface area contributed by atoms with Gasteiger partial charge in [0.2, 0.25) is 0 Å². The molecule has 0 atom stereocenters. The molecule has 3 aromatic carbocycles. The molecule has 0 aliphatic carbocycles. The molecule has 0 amide bonds. The van der Waals surface area contributed by atoms with Crippen LogP contribution in [0.4, 0.5) is 5.69 Å². The van der Waals surface area contributed by atoms with E-state index >= 15 is 0 Å². The summed E-state index contributed by atoms with van der Waals surface area (Å²) in [6, 6.07) is 14.2. The van der Waals surface area contributed by atoms with E-state index in [9.17, 15) is 23.4 Å². The number of aromatic carboxylic acids is 1. The number of sulfonamides is 1. The number of carboxylic acids is 1. The third kappa shape index (κ3) is 4.09. The van der Waals surface area contributed by atoms with E-state index in [-0.39, 0.29) is 28.1 Å². The third-order valence-electron chi connectivity index (χ3n) is 4.42. The van der Waals surface area contributed by atoms with Gasteiger partial charge in [0.05, 0.1) is 10.6 Å². The van der Waals surface area contributed by atoms with Crippen molar-refractivity contribution in [3.05, 3.63) is 64.6 Å². The first kappa shape index (κ1) is 21.1. The zero-order chi connectivity index (χ0) is 21.3. The Bertz CT molecular complexity index is 1170. The number of carboxylic acid groups (broad SMARTS) is 1. The highest BCUT2D eigenvalue weighted by molar-refractivity contribution is 9.10. The minimum atomic E-state index is -4.12. The number of rotatable bonds is 6. The molecule has 0 fully saturated rings. The van der Waals surface area contributed by atoms with Crippen molar-refractivity contribution >= 4 is 48.4 Å². The summed E-state index contributed by atoms with van der Waals surface area (Å²) < 4.78 is 29.5. The molecule has 0 heterocycles. The summed E-state index contributed by atoms with van der Waals surface area (Å²) in [6.07, 6.45) is 0. The van der Waals surface area contributed by atoms with Crippen LogP contribution in [0.25, 0.3) is 10.8 Å². The normalized spacial score (nSPS) is 11.7. The maximum atomic E-state index is 13.7. The molecule has 0 radical (unpaired) electrons. The SMILES string of the molecule is CC(C)CN(c1ccc(Br)cc1)S(=O)(=O)c1cc(C(=O)O)c(O)c2ccccc12. The van der Waals surface area contributed by atoms with Crippen molar-refractivity contribution in [1.29, 1.82) is 0 Å². The van der Waals surface area contributed by atoms with Crippen LogP contribution in [-0.2, 0) is 10.0 Å². The Hall–Kier alpha value is -2.58. The molecule has 0 unspecified atom stereocenters. The summed E-state index contributed by atoms with van der Waals surface area (Å²) in [5.41, 5.74) is 0.0125. The number of hydrogen-bond donors (Lipinski definition) is 2. The molecule has 2 N–H and O–H groups in total. The molecule has 0 aliphatic rings. The fraction of sp³-hybridized carbons (Fsp3) is 0.190. The van der Waals surface area contributed by atoms with Crippen LogP contribution in [0.1, 0.15) is 24.2 Å². The van der Waals surface area contributed by atoms with Crippen molar-refractivity contribution in [3.8, 4) is 5.75 Å². The van der Waals surface area contributed by atoms with E-state index in [1.54, 1.807) is 42.5 Å². The monoisotopic (exact) mass is 477 g/mol. The minimum absolute atomic E-state index is 0.0238. The zero-order valence-electron chi connectivity index (χ0n) is 15.8. The summed E-state index contributed by atoms with van der Waals surface area (Å²) in [6.45, 7) is 4.01. The van der Waals surface area contributed by atoms with Gasteiger partial charge < -0.3 is 10.2 Å². The van der Waals surface area contributed by atoms with Crippen LogP contribution in [0.3, 0.4) is 0 Å². The number of hydrogen-bond acceptors (Lipinski definition) is 4. The van der Waals surface area contributed by atoms with Gasteiger partial charge in [0.1, 0.15) is 11.3 Å². The number of anilines is 1. The molecule has 8 heteroatoms. The smallest absolute Gasteiger partial charge is 0.339 e.